The van der Waals surface area contributed by atoms with Crippen LogP contribution in [0.15, 0.2) is 223 Å². The summed E-state index contributed by atoms with van der Waals surface area (Å²) in [6, 6.07) is 78.8. The van der Waals surface area contributed by atoms with Crippen LogP contribution in [0, 0.1) is 0 Å². The highest BCUT2D eigenvalue weighted by Gasteiger charge is 2.42. The largest absolute Gasteiger partial charge is 0.455 e. The topological polar surface area (TPSA) is 16.4 Å². The van der Waals surface area contributed by atoms with Gasteiger partial charge in [-0.1, -0.05) is 176 Å². The molecule has 0 aliphatic heterocycles. The molecule has 0 radical (unpaired) electrons. The second-order valence-electron chi connectivity index (χ2n) is 15.4. The smallest absolute Gasteiger partial charge is 0.143 e. The van der Waals surface area contributed by atoms with Gasteiger partial charge in [-0.3, -0.25) is 0 Å². The summed E-state index contributed by atoms with van der Waals surface area (Å²) in [5, 5.41) is 2.24. The van der Waals surface area contributed by atoms with Crippen molar-refractivity contribution in [1.29, 1.82) is 0 Å². The average Bonchev–Trinajstić information content (AvgIpc) is 3.81. The number of rotatable bonds is 7. The van der Waals surface area contributed by atoms with Crippen LogP contribution in [0.1, 0.15) is 23.6 Å². The Morgan fingerprint density at radius 2 is 0.862 bits per heavy atom. The van der Waals surface area contributed by atoms with Gasteiger partial charge in [0.25, 0.3) is 0 Å². The molecule has 0 atom stereocenters. The van der Waals surface area contributed by atoms with Gasteiger partial charge in [0.05, 0.1) is 0 Å². The lowest BCUT2D eigenvalue weighted by atomic mass is 9.71. The molecule has 1 aromatic heterocycles. The fraction of sp³-hybridized carbons (Fsp3) is 0.0357. The first-order chi connectivity index (χ1) is 28.6. The number of para-hydroxylation sites is 1. The molecule has 0 fully saturated rings. The van der Waals surface area contributed by atoms with Gasteiger partial charge < -0.3 is 9.32 Å². The number of fused-ring (bicyclic) bond motifs is 6. The van der Waals surface area contributed by atoms with Gasteiger partial charge in [-0.15, -0.1) is 0 Å². The molecule has 0 unspecified atom stereocenters. The maximum Gasteiger partial charge on any atom is 0.143 e. The van der Waals surface area contributed by atoms with Crippen LogP contribution in [0.5, 0.6) is 0 Å². The normalized spacial score (nSPS) is 12.7. The summed E-state index contributed by atoms with van der Waals surface area (Å²) in [5.74, 6) is 0. The summed E-state index contributed by atoms with van der Waals surface area (Å²) < 4.78 is 6.93. The van der Waals surface area contributed by atoms with E-state index in [9.17, 15) is 0 Å². The number of nitrogens with zero attached hydrogens (tertiary/aromatic N) is 1. The van der Waals surface area contributed by atoms with Crippen molar-refractivity contribution < 1.29 is 4.42 Å². The first kappa shape index (κ1) is 33.9. The van der Waals surface area contributed by atoms with Crippen LogP contribution in [-0.2, 0) is 5.41 Å². The lowest BCUT2D eigenvalue weighted by Gasteiger charge is -2.31. The quantitative estimate of drug-likeness (QED) is 0.162. The van der Waals surface area contributed by atoms with E-state index >= 15 is 0 Å². The van der Waals surface area contributed by atoms with Crippen LogP contribution in [-0.4, -0.2) is 0 Å². The van der Waals surface area contributed by atoms with Crippen molar-refractivity contribution in [2.45, 2.75) is 12.3 Å². The summed E-state index contributed by atoms with van der Waals surface area (Å²) >= 11 is 0. The fourth-order valence-corrected chi connectivity index (χ4v) is 9.35. The average molecular weight is 742 g/mol. The van der Waals surface area contributed by atoms with Crippen molar-refractivity contribution >= 4 is 39.0 Å². The van der Waals surface area contributed by atoms with Crippen molar-refractivity contribution in [3.8, 4) is 44.5 Å². The molecule has 10 aromatic rings. The monoisotopic (exact) mass is 741 g/mol. The first-order valence-corrected chi connectivity index (χ1v) is 20.0. The first-order valence-electron chi connectivity index (χ1n) is 20.0. The van der Waals surface area contributed by atoms with Gasteiger partial charge in [0.15, 0.2) is 0 Å². The second kappa shape index (κ2) is 13.7. The van der Waals surface area contributed by atoms with Crippen LogP contribution in [0.2, 0.25) is 0 Å². The van der Waals surface area contributed by atoms with Crippen LogP contribution in [0.25, 0.3) is 66.4 Å². The standard InChI is InChI=1S/C56H39NO/c1-56(50-24-11-8-21-46(50)47-22-9-12-25-51(47)56)52-36-35-49-48-23-10-13-26-53(48)58-55(49)54(52)42-19-14-20-45(37-42)57(43-31-27-40(28-32-43)38-15-4-2-5-16-38)44-33-29-41(30-34-44)39-17-6-3-7-18-39/h2-37H,1H3. The molecular weight excluding hydrogens is 703 g/mol. The van der Waals surface area contributed by atoms with Crippen molar-refractivity contribution in [3.05, 3.63) is 235 Å². The highest BCUT2D eigenvalue weighted by atomic mass is 16.3. The van der Waals surface area contributed by atoms with Crippen molar-refractivity contribution in [2.75, 3.05) is 4.90 Å². The van der Waals surface area contributed by atoms with Crippen LogP contribution >= 0.6 is 0 Å². The van der Waals surface area contributed by atoms with Crippen molar-refractivity contribution in [2.24, 2.45) is 0 Å². The van der Waals surface area contributed by atoms with Crippen LogP contribution < -0.4 is 4.90 Å². The predicted molar refractivity (Wildman–Crippen MR) is 242 cm³/mol. The van der Waals surface area contributed by atoms with E-state index < -0.39 is 5.41 Å². The van der Waals surface area contributed by atoms with E-state index in [4.69, 9.17) is 4.42 Å². The molecule has 1 heterocycles. The number of hydrogen-bond donors (Lipinski definition) is 0. The summed E-state index contributed by atoms with van der Waals surface area (Å²) in [6.45, 7) is 2.39. The molecule has 1 aliphatic rings. The van der Waals surface area contributed by atoms with Gasteiger partial charge in [0.2, 0.25) is 0 Å². The fourth-order valence-electron chi connectivity index (χ4n) is 9.35. The maximum atomic E-state index is 6.93. The minimum atomic E-state index is -0.425. The lowest BCUT2D eigenvalue weighted by Crippen LogP contribution is -2.23. The van der Waals surface area contributed by atoms with E-state index in [1.807, 2.05) is 0 Å². The summed E-state index contributed by atoms with van der Waals surface area (Å²) in [6.07, 6.45) is 0. The molecule has 274 valence electrons. The molecule has 9 aromatic carbocycles. The molecule has 0 saturated carbocycles. The minimum Gasteiger partial charge on any atom is -0.455 e. The van der Waals surface area contributed by atoms with E-state index in [1.54, 1.807) is 0 Å². The molecule has 58 heavy (non-hydrogen) atoms. The van der Waals surface area contributed by atoms with Crippen LogP contribution in [0.4, 0.5) is 17.1 Å². The molecule has 0 saturated heterocycles. The van der Waals surface area contributed by atoms with E-state index in [0.29, 0.717) is 0 Å². The minimum absolute atomic E-state index is 0.425. The zero-order chi connectivity index (χ0) is 38.6. The second-order valence-corrected chi connectivity index (χ2v) is 15.4. The molecule has 0 bridgehead atoms. The van der Waals surface area contributed by atoms with Crippen LogP contribution in [0.3, 0.4) is 0 Å². The van der Waals surface area contributed by atoms with Gasteiger partial charge in [0.1, 0.15) is 11.2 Å². The Labute approximate surface area is 338 Å². The Kier molecular flexibility index (Phi) is 7.97. The predicted octanol–water partition coefficient (Wildman–Crippen LogP) is 15.4. The van der Waals surface area contributed by atoms with E-state index in [2.05, 4.69) is 230 Å². The summed E-state index contributed by atoms with van der Waals surface area (Å²) in [5.41, 5.74) is 18.0. The van der Waals surface area contributed by atoms with Crippen molar-refractivity contribution in [3.63, 3.8) is 0 Å². The van der Waals surface area contributed by atoms with E-state index in [1.165, 1.54) is 50.1 Å². The highest BCUT2D eigenvalue weighted by molar-refractivity contribution is 6.11. The molecule has 2 heteroatoms. The maximum absolute atomic E-state index is 6.93. The SMILES string of the molecule is CC1(c2ccc3c(oc4ccccc43)c2-c2cccc(N(c3ccc(-c4ccccc4)cc3)c3ccc(-c4ccccc4)cc3)c2)c2ccccc2-c2ccccc21. The Morgan fingerprint density at radius 1 is 0.362 bits per heavy atom. The third-order valence-electron chi connectivity index (χ3n) is 12.2. The van der Waals surface area contributed by atoms with E-state index in [-0.39, 0.29) is 0 Å². The molecule has 11 rings (SSSR count). The number of benzene rings is 9. The Balaban J connectivity index is 1.13. The highest BCUT2D eigenvalue weighted by Crippen LogP contribution is 2.55. The van der Waals surface area contributed by atoms with Gasteiger partial charge in [0, 0.05) is 38.8 Å². The molecule has 0 N–H and O–H groups in total. The zero-order valence-electron chi connectivity index (χ0n) is 32.1. The lowest BCUT2D eigenvalue weighted by molar-refractivity contribution is 0.664. The zero-order valence-corrected chi connectivity index (χ0v) is 32.1. The third kappa shape index (κ3) is 5.41. The van der Waals surface area contributed by atoms with Gasteiger partial charge >= 0.3 is 0 Å². The number of furan rings is 1. The summed E-state index contributed by atoms with van der Waals surface area (Å²) in [4.78, 5) is 2.37. The molecule has 0 amide bonds. The third-order valence-corrected chi connectivity index (χ3v) is 12.2. The summed E-state index contributed by atoms with van der Waals surface area (Å²) in [7, 11) is 0. The molecule has 0 spiro atoms. The Morgan fingerprint density at radius 3 is 1.47 bits per heavy atom. The van der Waals surface area contributed by atoms with E-state index in [0.717, 1.165) is 50.1 Å². The molecule has 1 aliphatic carbocycles. The Hall–Kier alpha value is -7.42. The number of anilines is 3. The number of hydrogen-bond acceptors (Lipinski definition) is 2. The van der Waals surface area contributed by atoms with Gasteiger partial charge in [-0.25, -0.2) is 0 Å². The van der Waals surface area contributed by atoms with Crippen molar-refractivity contribution in [1.82, 2.24) is 0 Å². The molecule has 2 nitrogen and oxygen atoms in total. The van der Waals surface area contributed by atoms with Gasteiger partial charge in [-0.2, -0.15) is 0 Å². The Bertz CT molecular complexity index is 2980. The molecular formula is C56H39NO. The van der Waals surface area contributed by atoms with Gasteiger partial charge in [-0.05, 0) is 105 Å².